The minimum absolute atomic E-state index is 0.0239. The van der Waals surface area contributed by atoms with Crippen LogP contribution in [-0.2, 0) is 17.8 Å². The molecule has 3 aromatic carbocycles. The van der Waals surface area contributed by atoms with Crippen LogP contribution < -0.4 is 14.8 Å². The highest BCUT2D eigenvalue weighted by Crippen LogP contribution is 2.35. The van der Waals surface area contributed by atoms with Crippen LogP contribution in [0.2, 0.25) is 0 Å². The summed E-state index contributed by atoms with van der Waals surface area (Å²) in [6, 6.07) is 23.7. The normalized spacial score (nSPS) is 10.9. The van der Waals surface area contributed by atoms with Crippen molar-refractivity contribution < 1.29 is 14.3 Å². The van der Waals surface area contributed by atoms with Crippen molar-refractivity contribution in [3.63, 3.8) is 0 Å². The maximum absolute atomic E-state index is 12.5. The van der Waals surface area contributed by atoms with Crippen LogP contribution in [0.5, 0.6) is 11.5 Å². The zero-order valence-electron chi connectivity index (χ0n) is 19.3. The van der Waals surface area contributed by atoms with Crippen LogP contribution in [-0.4, -0.2) is 19.6 Å². The van der Waals surface area contributed by atoms with Gasteiger partial charge in [-0.2, -0.15) is 5.26 Å². The summed E-state index contributed by atoms with van der Waals surface area (Å²) in [6.07, 6.45) is 3.20. The van der Waals surface area contributed by atoms with E-state index in [0.29, 0.717) is 34.7 Å². The zero-order chi connectivity index (χ0) is 24.3. The van der Waals surface area contributed by atoms with Crippen molar-refractivity contribution in [2.45, 2.75) is 26.4 Å². The Hall–Kier alpha value is -3.56. The van der Waals surface area contributed by atoms with Gasteiger partial charge in [0.05, 0.1) is 7.11 Å². The van der Waals surface area contributed by atoms with Gasteiger partial charge in [0, 0.05) is 11.0 Å². The maximum Gasteiger partial charge on any atom is 0.261 e. The van der Waals surface area contributed by atoms with E-state index in [1.807, 2.05) is 55.5 Å². The van der Waals surface area contributed by atoms with E-state index in [9.17, 15) is 10.1 Å². The highest BCUT2D eigenvalue weighted by Gasteiger charge is 2.13. The quantitative estimate of drug-likeness (QED) is 0.203. The number of carbonyl (C=O) groups excluding carboxylic acids is 1. The van der Waals surface area contributed by atoms with Crippen molar-refractivity contribution in [1.82, 2.24) is 5.32 Å². The molecular formula is C28H27BrN2O3. The summed E-state index contributed by atoms with van der Waals surface area (Å²) < 4.78 is 12.1. The number of rotatable bonds is 10. The number of nitrogens with zero attached hydrogens (tertiary/aromatic N) is 1. The number of benzene rings is 3. The van der Waals surface area contributed by atoms with Crippen molar-refractivity contribution in [2.75, 3.05) is 13.7 Å². The molecule has 5 nitrogen and oxygen atoms in total. The Kier molecular flexibility index (Phi) is 9.30. The SMILES string of the molecule is COc1cc(/C=C(/C#N)C(=O)NCCCc2ccccc2)c(Br)cc1OCc1ccc(C)cc1. The number of hydrogen-bond donors (Lipinski definition) is 1. The van der Waals surface area contributed by atoms with Gasteiger partial charge >= 0.3 is 0 Å². The molecule has 0 bridgehead atoms. The number of nitriles is 1. The lowest BCUT2D eigenvalue weighted by Crippen LogP contribution is -2.25. The summed E-state index contributed by atoms with van der Waals surface area (Å²) in [6.45, 7) is 2.92. The molecule has 0 aliphatic heterocycles. The van der Waals surface area contributed by atoms with Gasteiger partial charge in [-0.25, -0.2) is 0 Å². The summed E-state index contributed by atoms with van der Waals surface area (Å²) in [5, 5.41) is 12.4. The highest BCUT2D eigenvalue weighted by atomic mass is 79.9. The van der Waals surface area contributed by atoms with E-state index in [1.165, 1.54) is 11.1 Å². The van der Waals surface area contributed by atoms with Gasteiger partial charge in [-0.3, -0.25) is 4.79 Å². The number of hydrogen-bond acceptors (Lipinski definition) is 4. The fourth-order valence-electron chi connectivity index (χ4n) is 3.32. The summed E-state index contributed by atoms with van der Waals surface area (Å²) in [5.74, 6) is 0.680. The van der Waals surface area contributed by atoms with Crippen molar-refractivity contribution in [3.8, 4) is 17.6 Å². The van der Waals surface area contributed by atoms with Crippen LogP contribution in [0, 0.1) is 18.3 Å². The third-order valence-corrected chi connectivity index (χ3v) is 5.92. The van der Waals surface area contributed by atoms with Crippen molar-refractivity contribution >= 4 is 27.9 Å². The number of ether oxygens (including phenoxy) is 2. The number of aryl methyl sites for hydroxylation is 2. The van der Waals surface area contributed by atoms with Crippen LogP contribution >= 0.6 is 15.9 Å². The second-order valence-corrected chi connectivity index (χ2v) is 8.67. The second-order valence-electron chi connectivity index (χ2n) is 7.81. The maximum atomic E-state index is 12.5. The number of amides is 1. The van der Waals surface area contributed by atoms with E-state index in [4.69, 9.17) is 9.47 Å². The van der Waals surface area contributed by atoms with Crippen LogP contribution in [0.25, 0.3) is 6.08 Å². The summed E-state index contributed by atoms with van der Waals surface area (Å²) in [7, 11) is 1.56. The Balaban J connectivity index is 1.65. The molecule has 0 spiro atoms. The average Bonchev–Trinajstić information content (AvgIpc) is 2.86. The first kappa shape index (κ1) is 25.1. The van der Waals surface area contributed by atoms with Gasteiger partial charge in [-0.05, 0) is 54.7 Å². The average molecular weight is 519 g/mol. The number of methoxy groups -OCH3 is 1. The van der Waals surface area contributed by atoms with Gasteiger partial charge in [0.25, 0.3) is 5.91 Å². The molecular weight excluding hydrogens is 492 g/mol. The largest absolute Gasteiger partial charge is 0.493 e. The first-order valence-corrected chi connectivity index (χ1v) is 11.8. The van der Waals surface area contributed by atoms with E-state index in [0.717, 1.165) is 18.4 Å². The fourth-order valence-corrected chi connectivity index (χ4v) is 3.75. The minimum atomic E-state index is -0.402. The van der Waals surface area contributed by atoms with Gasteiger partial charge in [0.1, 0.15) is 18.2 Å². The molecule has 3 rings (SSSR count). The Morgan fingerprint density at radius 3 is 2.47 bits per heavy atom. The van der Waals surface area contributed by atoms with E-state index < -0.39 is 5.91 Å². The third kappa shape index (κ3) is 7.23. The predicted molar refractivity (Wildman–Crippen MR) is 138 cm³/mol. The van der Waals surface area contributed by atoms with Gasteiger partial charge in [0.2, 0.25) is 0 Å². The molecule has 0 aliphatic carbocycles. The lowest BCUT2D eigenvalue weighted by molar-refractivity contribution is -0.117. The van der Waals surface area contributed by atoms with Crippen molar-refractivity contribution in [1.29, 1.82) is 5.26 Å². The summed E-state index contributed by atoms with van der Waals surface area (Å²) >= 11 is 3.52. The summed E-state index contributed by atoms with van der Waals surface area (Å²) in [4.78, 5) is 12.5. The monoisotopic (exact) mass is 518 g/mol. The molecule has 1 N–H and O–H groups in total. The molecule has 0 unspecified atom stereocenters. The number of nitrogens with one attached hydrogen (secondary N) is 1. The molecule has 0 atom stereocenters. The molecule has 0 aromatic heterocycles. The topological polar surface area (TPSA) is 71.3 Å². The van der Waals surface area contributed by atoms with Gasteiger partial charge in [0.15, 0.2) is 11.5 Å². The van der Waals surface area contributed by atoms with Crippen molar-refractivity contribution in [2.24, 2.45) is 0 Å². The molecule has 174 valence electrons. The van der Waals surface area contributed by atoms with E-state index in [1.54, 1.807) is 25.3 Å². The van der Waals surface area contributed by atoms with Crippen LogP contribution in [0.3, 0.4) is 0 Å². The summed E-state index contributed by atoms with van der Waals surface area (Å²) in [5.41, 5.74) is 4.12. The second kappa shape index (κ2) is 12.6. The molecule has 3 aromatic rings. The van der Waals surface area contributed by atoms with Gasteiger partial charge < -0.3 is 14.8 Å². The van der Waals surface area contributed by atoms with E-state index >= 15 is 0 Å². The Bertz CT molecular complexity index is 1180. The van der Waals surface area contributed by atoms with Crippen LogP contribution in [0.1, 0.15) is 28.7 Å². The van der Waals surface area contributed by atoms with E-state index in [-0.39, 0.29) is 5.57 Å². The molecule has 0 radical (unpaired) electrons. The fraction of sp³-hybridized carbons (Fsp3) is 0.214. The first-order valence-electron chi connectivity index (χ1n) is 11.0. The molecule has 34 heavy (non-hydrogen) atoms. The van der Waals surface area contributed by atoms with Gasteiger partial charge in [-0.15, -0.1) is 0 Å². The predicted octanol–water partition coefficient (Wildman–Crippen LogP) is 6.00. The van der Waals surface area contributed by atoms with Crippen molar-refractivity contribution in [3.05, 3.63) is 99.0 Å². The molecule has 0 saturated heterocycles. The van der Waals surface area contributed by atoms with E-state index in [2.05, 4.69) is 33.4 Å². The van der Waals surface area contributed by atoms with Crippen LogP contribution in [0.15, 0.2) is 76.8 Å². The molecule has 0 aliphatic rings. The Morgan fingerprint density at radius 2 is 1.79 bits per heavy atom. The molecule has 0 fully saturated rings. The molecule has 0 saturated carbocycles. The smallest absolute Gasteiger partial charge is 0.261 e. The highest BCUT2D eigenvalue weighted by molar-refractivity contribution is 9.10. The lowest BCUT2D eigenvalue weighted by Gasteiger charge is -2.13. The number of halogens is 1. The molecule has 6 heteroatoms. The first-order chi connectivity index (χ1) is 16.5. The standard InChI is InChI=1S/C28H27BrN2O3/c1-20-10-12-22(13-11-20)19-34-27-17-25(29)23(16-26(27)33-2)15-24(18-30)28(32)31-14-6-9-21-7-4-3-5-8-21/h3-5,7-8,10-13,15-17H,6,9,14,19H2,1-2H3,(H,31,32)/b24-15-. The van der Waals surface area contributed by atoms with Crippen LogP contribution in [0.4, 0.5) is 0 Å². The lowest BCUT2D eigenvalue weighted by atomic mass is 10.1. The number of carbonyl (C=O) groups is 1. The molecule has 0 heterocycles. The Morgan fingerprint density at radius 1 is 1.06 bits per heavy atom. The minimum Gasteiger partial charge on any atom is -0.493 e. The van der Waals surface area contributed by atoms with Gasteiger partial charge in [-0.1, -0.05) is 76.1 Å². The Labute approximate surface area is 209 Å². The third-order valence-electron chi connectivity index (χ3n) is 5.23. The molecule has 1 amide bonds. The zero-order valence-corrected chi connectivity index (χ0v) is 20.9.